The maximum Gasteiger partial charge on any atom is 0.344 e. The van der Waals surface area contributed by atoms with Gasteiger partial charge in [-0.25, -0.2) is 13.2 Å². The zero-order chi connectivity index (χ0) is 15.2. The lowest BCUT2D eigenvalue weighted by Crippen LogP contribution is -2.22. The molecule has 6 nitrogen and oxygen atoms in total. The van der Waals surface area contributed by atoms with Crippen LogP contribution in [0.5, 0.6) is 5.75 Å². The molecule has 0 aliphatic carbocycles. The van der Waals surface area contributed by atoms with E-state index in [1.807, 2.05) is 0 Å². The van der Waals surface area contributed by atoms with Crippen LogP contribution in [0, 0.1) is 0 Å². The Labute approximate surface area is 119 Å². The molecule has 0 aliphatic heterocycles. The second-order valence-corrected chi connectivity index (χ2v) is 6.55. The van der Waals surface area contributed by atoms with Crippen LogP contribution in [0.25, 0.3) is 0 Å². The monoisotopic (exact) mass is 301 g/mol. The van der Waals surface area contributed by atoms with Crippen LogP contribution in [0.15, 0.2) is 24.3 Å². The number of hydrogen-bond acceptors (Lipinski definition) is 5. The molecule has 0 amide bonds. The first-order valence-corrected chi connectivity index (χ1v) is 7.80. The molecular weight excluding hydrogens is 282 g/mol. The Balaban J connectivity index is 2.69. The van der Waals surface area contributed by atoms with Gasteiger partial charge in [-0.15, -0.1) is 0 Å². The summed E-state index contributed by atoms with van der Waals surface area (Å²) in [6.45, 7) is 4.96. The molecule has 0 fully saturated rings. The number of rotatable bonds is 7. The standard InChI is InChI=1S/C13H19NO5S/c1-4-18-13(15)9-19-12-7-5-6-11(8-12)14-20(16,17)10(2)3/h5-8,10,14H,4,9H2,1-3H3. The normalized spacial score (nSPS) is 11.2. The van der Waals surface area contributed by atoms with E-state index >= 15 is 0 Å². The van der Waals surface area contributed by atoms with Crippen LogP contribution in [0.2, 0.25) is 0 Å². The summed E-state index contributed by atoms with van der Waals surface area (Å²) in [5, 5.41) is -0.536. The number of carbonyl (C=O) groups excluding carboxylic acids is 1. The fraction of sp³-hybridized carbons (Fsp3) is 0.462. The van der Waals surface area contributed by atoms with Crippen LogP contribution in [0.3, 0.4) is 0 Å². The minimum atomic E-state index is -3.41. The molecule has 0 saturated heterocycles. The number of hydrogen-bond donors (Lipinski definition) is 1. The lowest BCUT2D eigenvalue weighted by Gasteiger charge is -2.12. The van der Waals surface area contributed by atoms with Crippen molar-refractivity contribution >= 4 is 21.7 Å². The predicted molar refractivity (Wildman–Crippen MR) is 76.2 cm³/mol. The van der Waals surface area contributed by atoms with Gasteiger partial charge in [0.05, 0.1) is 17.5 Å². The van der Waals surface area contributed by atoms with E-state index in [9.17, 15) is 13.2 Å². The summed E-state index contributed by atoms with van der Waals surface area (Å²) in [6, 6.07) is 6.39. The molecule has 0 radical (unpaired) electrons. The van der Waals surface area contributed by atoms with Crippen molar-refractivity contribution in [2.45, 2.75) is 26.0 Å². The second kappa shape index (κ2) is 7.14. The summed E-state index contributed by atoms with van der Waals surface area (Å²) < 4.78 is 35.9. The Kier molecular flexibility index (Phi) is 5.82. The van der Waals surface area contributed by atoms with E-state index in [0.717, 1.165) is 0 Å². The van der Waals surface area contributed by atoms with Crippen LogP contribution in [-0.4, -0.2) is 32.9 Å². The van der Waals surface area contributed by atoms with E-state index in [-0.39, 0.29) is 13.2 Å². The van der Waals surface area contributed by atoms with E-state index in [2.05, 4.69) is 4.72 Å². The van der Waals surface area contributed by atoms with Gasteiger partial charge in [0, 0.05) is 6.07 Å². The highest BCUT2D eigenvalue weighted by molar-refractivity contribution is 7.93. The van der Waals surface area contributed by atoms with Crippen LogP contribution in [-0.2, 0) is 19.6 Å². The molecule has 1 aromatic carbocycles. The highest BCUT2D eigenvalue weighted by Crippen LogP contribution is 2.19. The average molecular weight is 301 g/mol. The first kappa shape index (κ1) is 16.3. The van der Waals surface area contributed by atoms with Crippen LogP contribution in [0.4, 0.5) is 5.69 Å². The van der Waals surface area contributed by atoms with Crippen LogP contribution >= 0.6 is 0 Å². The van der Waals surface area contributed by atoms with Gasteiger partial charge in [0.15, 0.2) is 6.61 Å². The average Bonchev–Trinajstić information content (AvgIpc) is 2.36. The molecule has 0 bridgehead atoms. The van der Waals surface area contributed by atoms with Crippen molar-refractivity contribution in [2.75, 3.05) is 17.9 Å². The fourth-order valence-electron chi connectivity index (χ4n) is 1.28. The predicted octanol–water partition coefficient (Wildman–Crippen LogP) is 1.78. The second-order valence-electron chi connectivity index (χ2n) is 4.32. The van der Waals surface area contributed by atoms with Gasteiger partial charge < -0.3 is 9.47 Å². The van der Waals surface area contributed by atoms with E-state index < -0.39 is 21.2 Å². The number of anilines is 1. The molecule has 0 spiro atoms. The van der Waals surface area contributed by atoms with Crippen LogP contribution < -0.4 is 9.46 Å². The Bertz CT molecular complexity index is 554. The molecule has 0 aromatic heterocycles. The summed E-state index contributed by atoms with van der Waals surface area (Å²) in [6.07, 6.45) is 0. The fourth-order valence-corrected chi connectivity index (χ4v) is 1.97. The molecule has 1 rings (SSSR count). The molecule has 112 valence electrons. The number of benzene rings is 1. The number of sulfonamides is 1. The first-order chi connectivity index (χ1) is 9.35. The van der Waals surface area contributed by atoms with E-state index in [1.54, 1.807) is 39.0 Å². The molecular formula is C13H19NO5S. The smallest absolute Gasteiger partial charge is 0.344 e. The van der Waals surface area contributed by atoms with Crippen molar-refractivity contribution in [3.05, 3.63) is 24.3 Å². The third kappa shape index (κ3) is 5.08. The Morgan fingerprint density at radius 1 is 1.35 bits per heavy atom. The summed E-state index contributed by atoms with van der Waals surface area (Å²) in [5.74, 6) is -0.0809. The summed E-state index contributed by atoms with van der Waals surface area (Å²) in [5.41, 5.74) is 0.389. The van der Waals surface area contributed by atoms with Crippen molar-refractivity contribution in [2.24, 2.45) is 0 Å². The first-order valence-electron chi connectivity index (χ1n) is 6.25. The number of esters is 1. The minimum Gasteiger partial charge on any atom is -0.482 e. The number of ether oxygens (including phenoxy) is 2. The summed E-state index contributed by atoms with van der Waals surface area (Å²) >= 11 is 0. The van der Waals surface area contributed by atoms with Crippen molar-refractivity contribution in [3.8, 4) is 5.75 Å². The van der Waals surface area contributed by atoms with Gasteiger partial charge in [0.2, 0.25) is 10.0 Å². The summed E-state index contributed by atoms with van der Waals surface area (Å²) in [4.78, 5) is 11.2. The largest absolute Gasteiger partial charge is 0.482 e. The van der Waals surface area contributed by atoms with Gasteiger partial charge in [-0.1, -0.05) is 6.07 Å². The molecule has 0 aliphatic rings. The lowest BCUT2D eigenvalue weighted by atomic mass is 10.3. The molecule has 20 heavy (non-hydrogen) atoms. The zero-order valence-electron chi connectivity index (χ0n) is 11.8. The molecule has 7 heteroatoms. The number of carbonyl (C=O) groups is 1. The van der Waals surface area contributed by atoms with E-state index in [0.29, 0.717) is 11.4 Å². The third-order valence-electron chi connectivity index (χ3n) is 2.38. The van der Waals surface area contributed by atoms with Crippen molar-refractivity contribution in [1.82, 2.24) is 0 Å². The zero-order valence-corrected chi connectivity index (χ0v) is 12.6. The molecule has 0 saturated carbocycles. The maximum absolute atomic E-state index is 11.7. The van der Waals surface area contributed by atoms with Gasteiger partial charge >= 0.3 is 5.97 Å². The summed E-state index contributed by atoms with van der Waals surface area (Å²) in [7, 11) is -3.41. The minimum absolute atomic E-state index is 0.214. The Hall–Kier alpha value is -1.76. The van der Waals surface area contributed by atoms with Gasteiger partial charge in [0.1, 0.15) is 5.75 Å². The SMILES string of the molecule is CCOC(=O)COc1cccc(NS(=O)(=O)C(C)C)c1. The molecule has 0 atom stereocenters. The quantitative estimate of drug-likeness (QED) is 0.776. The van der Waals surface area contributed by atoms with Gasteiger partial charge in [-0.2, -0.15) is 0 Å². The molecule has 1 aromatic rings. The van der Waals surface area contributed by atoms with Gasteiger partial charge in [-0.05, 0) is 32.9 Å². The highest BCUT2D eigenvalue weighted by atomic mass is 32.2. The van der Waals surface area contributed by atoms with Crippen molar-refractivity contribution in [1.29, 1.82) is 0 Å². The van der Waals surface area contributed by atoms with E-state index in [4.69, 9.17) is 9.47 Å². The van der Waals surface area contributed by atoms with Crippen molar-refractivity contribution < 1.29 is 22.7 Å². The Morgan fingerprint density at radius 2 is 2.05 bits per heavy atom. The molecule has 1 N–H and O–H groups in total. The molecule has 0 unspecified atom stereocenters. The highest BCUT2D eigenvalue weighted by Gasteiger charge is 2.15. The Morgan fingerprint density at radius 3 is 2.65 bits per heavy atom. The van der Waals surface area contributed by atoms with Crippen LogP contribution in [0.1, 0.15) is 20.8 Å². The van der Waals surface area contributed by atoms with E-state index in [1.165, 1.54) is 6.07 Å². The maximum atomic E-state index is 11.7. The van der Waals surface area contributed by atoms with Gasteiger partial charge in [0.25, 0.3) is 0 Å². The lowest BCUT2D eigenvalue weighted by molar-refractivity contribution is -0.145. The number of nitrogens with one attached hydrogen (secondary N) is 1. The topological polar surface area (TPSA) is 81.7 Å². The molecule has 0 heterocycles. The third-order valence-corrected chi connectivity index (χ3v) is 4.14. The van der Waals surface area contributed by atoms with Crippen molar-refractivity contribution in [3.63, 3.8) is 0 Å². The van der Waals surface area contributed by atoms with Gasteiger partial charge in [-0.3, -0.25) is 4.72 Å².